The van der Waals surface area contributed by atoms with Crippen molar-refractivity contribution in [3.05, 3.63) is 65.2 Å². The number of nitrogens with zero attached hydrogens (tertiary/aromatic N) is 1. The number of anilines is 1. The Hall–Kier alpha value is -3.13. The Balaban J connectivity index is 2.02. The van der Waals surface area contributed by atoms with Gasteiger partial charge in [0.15, 0.2) is 0 Å². The van der Waals surface area contributed by atoms with Crippen LogP contribution < -0.4 is 10.6 Å². The number of nitrogens with one attached hydrogen (secondary N) is 2. The van der Waals surface area contributed by atoms with E-state index in [1.165, 1.54) is 5.56 Å². The Morgan fingerprint density at radius 2 is 1.77 bits per heavy atom. The molecule has 0 spiro atoms. The molecule has 2 N–H and O–H groups in total. The molecule has 0 atom stereocenters. The molecule has 0 aliphatic rings. The highest BCUT2D eigenvalue weighted by atomic mass is 16.2. The lowest BCUT2D eigenvalue weighted by Crippen LogP contribution is -2.22. The van der Waals surface area contributed by atoms with Crippen LogP contribution in [0.5, 0.6) is 0 Å². The summed E-state index contributed by atoms with van der Waals surface area (Å²) in [6.07, 6.45) is -0.166. The fourth-order valence-corrected chi connectivity index (χ4v) is 2.42. The van der Waals surface area contributed by atoms with Gasteiger partial charge in [0.1, 0.15) is 6.42 Å². The van der Waals surface area contributed by atoms with Crippen molar-refractivity contribution in [1.82, 2.24) is 5.32 Å². The molecule has 0 saturated carbocycles. The first-order chi connectivity index (χ1) is 12.3. The Bertz CT molecular complexity index is 828. The summed E-state index contributed by atoms with van der Waals surface area (Å²) in [6, 6.07) is 16.6. The molecule has 5 heteroatoms. The minimum absolute atomic E-state index is 0.0410. The van der Waals surface area contributed by atoms with Gasteiger partial charge in [-0.3, -0.25) is 9.59 Å². The lowest BCUT2D eigenvalue weighted by molar-refractivity contribution is -0.120. The monoisotopic (exact) mass is 349 g/mol. The molecule has 5 nitrogen and oxygen atoms in total. The Morgan fingerprint density at radius 1 is 1.08 bits per heavy atom. The van der Waals surface area contributed by atoms with E-state index in [0.29, 0.717) is 17.8 Å². The first-order valence-corrected chi connectivity index (χ1v) is 8.44. The molecule has 0 aromatic heterocycles. The number of benzene rings is 2. The van der Waals surface area contributed by atoms with Crippen LogP contribution in [0.1, 0.15) is 48.7 Å². The second kappa shape index (κ2) is 8.30. The molecule has 0 aliphatic carbocycles. The van der Waals surface area contributed by atoms with Gasteiger partial charge in [0.05, 0.1) is 6.07 Å². The van der Waals surface area contributed by atoms with Crippen molar-refractivity contribution in [1.29, 1.82) is 5.26 Å². The summed E-state index contributed by atoms with van der Waals surface area (Å²) in [7, 11) is 0. The second-order valence-corrected chi connectivity index (χ2v) is 7.09. The standard InChI is InChI=1S/C21H23N3O2/c1-21(2,3)17-9-7-16(8-10-17)20(26)24-18-6-4-5-15(13-18)14-23-19(25)11-12-22/h4-10,13H,11,14H2,1-3H3,(H,23,25)(H,24,26). The van der Waals surface area contributed by atoms with Gasteiger partial charge in [-0.2, -0.15) is 5.26 Å². The highest BCUT2D eigenvalue weighted by molar-refractivity contribution is 6.04. The second-order valence-electron chi connectivity index (χ2n) is 7.09. The molecule has 2 aromatic rings. The first kappa shape index (κ1) is 19.2. The zero-order valence-corrected chi connectivity index (χ0v) is 15.3. The van der Waals surface area contributed by atoms with Crippen molar-refractivity contribution in [2.45, 2.75) is 39.2 Å². The van der Waals surface area contributed by atoms with Gasteiger partial charge in [0.2, 0.25) is 5.91 Å². The topological polar surface area (TPSA) is 82.0 Å². The normalized spacial score (nSPS) is 10.7. The van der Waals surface area contributed by atoms with E-state index in [9.17, 15) is 9.59 Å². The predicted octanol–water partition coefficient (Wildman–Crippen LogP) is 3.77. The number of nitriles is 1. The smallest absolute Gasteiger partial charge is 0.255 e. The summed E-state index contributed by atoms with van der Waals surface area (Å²) in [5.41, 5.74) is 3.30. The number of hydrogen-bond donors (Lipinski definition) is 2. The predicted molar refractivity (Wildman–Crippen MR) is 102 cm³/mol. The van der Waals surface area contributed by atoms with Gasteiger partial charge in [-0.05, 0) is 40.8 Å². The third-order valence-corrected chi connectivity index (χ3v) is 3.93. The zero-order valence-electron chi connectivity index (χ0n) is 15.3. The van der Waals surface area contributed by atoms with Crippen molar-refractivity contribution < 1.29 is 9.59 Å². The summed E-state index contributed by atoms with van der Waals surface area (Å²) >= 11 is 0. The van der Waals surface area contributed by atoms with Gasteiger partial charge in [-0.1, -0.05) is 45.0 Å². The van der Waals surface area contributed by atoms with Crippen LogP contribution in [-0.4, -0.2) is 11.8 Å². The van der Waals surface area contributed by atoms with Gasteiger partial charge in [-0.25, -0.2) is 0 Å². The van der Waals surface area contributed by atoms with Crippen LogP contribution in [0.15, 0.2) is 48.5 Å². The molecule has 0 bridgehead atoms. The van der Waals surface area contributed by atoms with E-state index in [1.807, 2.05) is 36.4 Å². The third-order valence-electron chi connectivity index (χ3n) is 3.93. The average Bonchev–Trinajstić information content (AvgIpc) is 2.60. The number of hydrogen-bond acceptors (Lipinski definition) is 3. The molecule has 26 heavy (non-hydrogen) atoms. The summed E-state index contributed by atoms with van der Waals surface area (Å²) < 4.78 is 0. The van der Waals surface area contributed by atoms with E-state index in [-0.39, 0.29) is 23.7 Å². The largest absolute Gasteiger partial charge is 0.351 e. The van der Waals surface area contributed by atoms with Gasteiger partial charge in [0, 0.05) is 17.8 Å². The third kappa shape index (κ3) is 5.45. The van der Waals surface area contributed by atoms with Crippen LogP contribution >= 0.6 is 0 Å². The lowest BCUT2D eigenvalue weighted by atomic mass is 9.87. The zero-order chi connectivity index (χ0) is 19.2. The average molecular weight is 349 g/mol. The first-order valence-electron chi connectivity index (χ1n) is 8.44. The van der Waals surface area contributed by atoms with Crippen molar-refractivity contribution >= 4 is 17.5 Å². The fraction of sp³-hybridized carbons (Fsp3) is 0.286. The summed E-state index contributed by atoms with van der Waals surface area (Å²) in [5.74, 6) is -0.503. The van der Waals surface area contributed by atoms with Crippen molar-refractivity contribution in [3.8, 4) is 6.07 Å². The fourth-order valence-electron chi connectivity index (χ4n) is 2.42. The number of carbonyl (C=O) groups is 2. The Morgan fingerprint density at radius 3 is 2.38 bits per heavy atom. The van der Waals surface area contributed by atoms with Gasteiger partial charge in [0.25, 0.3) is 5.91 Å². The van der Waals surface area contributed by atoms with E-state index in [1.54, 1.807) is 18.2 Å². The molecule has 0 saturated heterocycles. The summed E-state index contributed by atoms with van der Waals surface area (Å²) in [5, 5.41) is 14.0. The molecule has 0 heterocycles. The maximum absolute atomic E-state index is 12.4. The summed E-state index contributed by atoms with van der Waals surface area (Å²) in [4.78, 5) is 23.8. The highest BCUT2D eigenvalue weighted by Crippen LogP contribution is 2.22. The number of amides is 2. The molecule has 0 aliphatic heterocycles. The van der Waals surface area contributed by atoms with Crippen LogP contribution in [0.3, 0.4) is 0 Å². The van der Waals surface area contributed by atoms with Gasteiger partial charge in [-0.15, -0.1) is 0 Å². The van der Waals surface area contributed by atoms with E-state index < -0.39 is 0 Å². The number of carbonyl (C=O) groups excluding carboxylic acids is 2. The lowest BCUT2D eigenvalue weighted by Gasteiger charge is -2.19. The van der Waals surface area contributed by atoms with Crippen molar-refractivity contribution in [2.24, 2.45) is 0 Å². The van der Waals surface area contributed by atoms with E-state index in [2.05, 4.69) is 31.4 Å². The van der Waals surface area contributed by atoms with Crippen LogP contribution in [0.2, 0.25) is 0 Å². The Labute approximate surface area is 154 Å². The van der Waals surface area contributed by atoms with E-state index in [0.717, 1.165) is 5.56 Å². The molecule has 0 fully saturated rings. The summed E-state index contributed by atoms with van der Waals surface area (Å²) in [6.45, 7) is 6.69. The van der Waals surface area contributed by atoms with Crippen LogP contribution in [0.25, 0.3) is 0 Å². The van der Waals surface area contributed by atoms with Crippen LogP contribution in [-0.2, 0) is 16.8 Å². The van der Waals surface area contributed by atoms with Gasteiger partial charge >= 0.3 is 0 Å². The molecular weight excluding hydrogens is 326 g/mol. The van der Waals surface area contributed by atoms with Crippen molar-refractivity contribution in [3.63, 3.8) is 0 Å². The Kier molecular flexibility index (Phi) is 6.13. The molecule has 134 valence electrons. The van der Waals surface area contributed by atoms with Crippen molar-refractivity contribution in [2.75, 3.05) is 5.32 Å². The van der Waals surface area contributed by atoms with Crippen LogP contribution in [0, 0.1) is 11.3 Å². The highest BCUT2D eigenvalue weighted by Gasteiger charge is 2.14. The molecular formula is C21H23N3O2. The molecule has 2 amide bonds. The molecule has 2 rings (SSSR count). The molecule has 0 radical (unpaired) electrons. The minimum atomic E-state index is -0.319. The minimum Gasteiger partial charge on any atom is -0.351 e. The maximum atomic E-state index is 12.4. The number of rotatable bonds is 5. The SMILES string of the molecule is CC(C)(C)c1ccc(C(=O)Nc2cccc(CNC(=O)CC#N)c2)cc1. The van der Waals surface area contributed by atoms with E-state index in [4.69, 9.17) is 5.26 Å². The van der Waals surface area contributed by atoms with E-state index >= 15 is 0 Å². The maximum Gasteiger partial charge on any atom is 0.255 e. The quantitative estimate of drug-likeness (QED) is 0.862. The van der Waals surface area contributed by atoms with Gasteiger partial charge < -0.3 is 10.6 Å². The molecule has 0 unspecified atom stereocenters. The molecule has 2 aromatic carbocycles. The van der Waals surface area contributed by atoms with Crippen LogP contribution in [0.4, 0.5) is 5.69 Å².